The first-order valence-electron chi connectivity index (χ1n) is 10.8. The zero-order valence-corrected chi connectivity index (χ0v) is 21.7. The van der Waals surface area contributed by atoms with Crippen molar-refractivity contribution in [3.8, 4) is 0 Å². The van der Waals surface area contributed by atoms with Gasteiger partial charge in [0.2, 0.25) is 11.8 Å². The number of rotatable bonds is 8. The van der Waals surface area contributed by atoms with E-state index in [0.29, 0.717) is 50.8 Å². The van der Waals surface area contributed by atoms with Gasteiger partial charge >= 0.3 is 0 Å². The summed E-state index contributed by atoms with van der Waals surface area (Å²) in [7, 11) is 1.85. The van der Waals surface area contributed by atoms with Crippen LogP contribution in [-0.4, -0.2) is 91.2 Å². The number of nitrogens with zero attached hydrogens (tertiary/aromatic N) is 4. The lowest BCUT2D eigenvalue weighted by Gasteiger charge is -2.26. The van der Waals surface area contributed by atoms with Crippen molar-refractivity contribution in [2.75, 3.05) is 52.9 Å². The van der Waals surface area contributed by atoms with Crippen molar-refractivity contribution in [2.24, 2.45) is 4.99 Å². The second kappa shape index (κ2) is 13.9. The van der Waals surface area contributed by atoms with Crippen LogP contribution in [0.3, 0.4) is 0 Å². The average molecular weight is 558 g/mol. The number of piperazine rings is 1. The van der Waals surface area contributed by atoms with E-state index in [9.17, 15) is 14.4 Å². The summed E-state index contributed by atoms with van der Waals surface area (Å²) in [5.74, 6) is 0.438. The standard InChI is InChI=1S/C22H34N6O3.HI/c1-5-23-22(26(4)16-20(30)27(6-2)7-3)25-14-17-8-10-18(11-9-17)21(31)28-13-12-24-19(29)15-28;/h8-11H,5-7,12-16H2,1-4H3,(H,23,25)(H,24,29);1H. The summed E-state index contributed by atoms with van der Waals surface area (Å²) >= 11 is 0. The number of aliphatic imine (C=N–C) groups is 1. The maximum atomic E-state index is 12.6. The molecule has 1 aliphatic rings. The van der Waals surface area contributed by atoms with Crippen molar-refractivity contribution >= 4 is 47.7 Å². The fraction of sp³-hybridized carbons (Fsp3) is 0.545. The van der Waals surface area contributed by atoms with Crippen molar-refractivity contribution in [3.63, 3.8) is 0 Å². The smallest absolute Gasteiger partial charge is 0.254 e. The number of guanidine groups is 1. The zero-order chi connectivity index (χ0) is 22.8. The molecule has 3 amide bonds. The minimum absolute atomic E-state index is 0. The van der Waals surface area contributed by atoms with Crippen molar-refractivity contribution in [3.05, 3.63) is 35.4 Å². The number of hydrogen-bond acceptors (Lipinski definition) is 4. The number of carbonyl (C=O) groups excluding carboxylic acids is 3. The molecule has 1 saturated heterocycles. The average Bonchev–Trinajstić information content (AvgIpc) is 2.77. The van der Waals surface area contributed by atoms with Crippen LogP contribution in [0.4, 0.5) is 0 Å². The van der Waals surface area contributed by atoms with Crippen molar-refractivity contribution < 1.29 is 14.4 Å². The lowest BCUT2D eigenvalue weighted by Crippen LogP contribution is -2.49. The maximum absolute atomic E-state index is 12.6. The van der Waals surface area contributed by atoms with Gasteiger partial charge in [-0.3, -0.25) is 14.4 Å². The Kier molecular flexibility index (Phi) is 12.0. The Morgan fingerprint density at radius 2 is 1.81 bits per heavy atom. The SMILES string of the molecule is CCNC(=NCc1ccc(C(=O)N2CCNC(=O)C2)cc1)N(C)CC(=O)N(CC)CC.I. The van der Waals surface area contributed by atoms with Gasteiger partial charge in [0.15, 0.2) is 5.96 Å². The molecule has 0 aliphatic carbocycles. The predicted octanol–water partition coefficient (Wildman–Crippen LogP) is 1.14. The van der Waals surface area contributed by atoms with Crippen LogP contribution in [0, 0.1) is 0 Å². The first-order chi connectivity index (χ1) is 14.9. The predicted molar refractivity (Wildman–Crippen MR) is 136 cm³/mol. The molecule has 1 heterocycles. The van der Waals surface area contributed by atoms with E-state index in [1.54, 1.807) is 21.9 Å². The van der Waals surface area contributed by atoms with Crippen LogP contribution in [0.2, 0.25) is 0 Å². The summed E-state index contributed by atoms with van der Waals surface area (Å²) in [6.45, 7) is 9.75. The van der Waals surface area contributed by atoms with Gasteiger partial charge in [-0.05, 0) is 38.5 Å². The van der Waals surface area contributed by atoms with Crippen molar-refractivity contribution in [1.82, 2.24) is 25.3 Å². The Labute approximate surface area is 207 Å². The Morgan fingerprint density at radius 1 is 1.16 bits per heavy atom. The monoisotopic (exact) mass is 558 g/mol. The highest BCUT2D eigenvalue weighted by atomic mass is 127. The first kappa shape index (κ1) is 27.7. The normalized spacial score (nSPS) is 13.7. The highest BCUT2D eigenvalue weighted by Crippen LogP contribution is 2.10. The maximum Gasteiger partial charge on any atom is 0.254 e. The first-order valence-corrected chi connectivity index (χ1v) is 10.8. The fourth-order valence-electron chi connectivity index (χ4n) is 3.34. The fourth-order valence-corrected chi connectivity index (χ4v) is 3.34. The van der Waals surface area contributed by atoms with Gasteiger partial charge < -0.3 is 25.3 Å². The minimum atomic E-state index is -0.145. The topological polar surface area (TPSA) is 97.4 Å². The van der Waals surface area contributed by atoms with Crippen molar-refractivity contribution in [1.29, 1.82) is 0 Å². The summed E-state index contributed by atoms with van der Waals surface area (Å²) in [4.78, 5) is 46.3. The third-order valence-electron chi connectivity index (χ3n) is 5.12. The molecule has 9 nitrogen and oxygen atoms in total. The van der Waals surface area contributed by atoms with Gasteiger partial charge in [-0.2, -0.15) is 0 Å². The van der Waals surface area contributed by atoms with Crippen LogP contribution in [0.5, 0.6) is 0 Å². The zero-order valence-electron chi connectivity index (χ0n) is 19.4. The van der Waals surface area contributed by atoms with E-state index in [2.05, 4.69) is 15.6 Å². The van der Waals surface area contributed by atoms with E-state index in [4.69, 9.17) is 0 Å². The number of nitrogens with one attached hydrogen (secondary N) is 2. The molecule has 0 saturated carbocycles. The van der Waals surface area contributed by atoms with Crippen LogP contribution in [0.15, 0.2) is 29.3 Å². The van der Waals surface area contributed by atoms with Gasteiger partial charge in [-0.1, -0.05) is 12.1 Å². The lowest BCUT2D eigenvalue weighted by molar-refractivity contribution is -0.131. The molecule has 0 bridgehead atoms. The van der Waals surface area contributed by atoms with Crippen molar-refractivity contribution in [2.45, 2.75) is 27.3 Å². The Bertz CT molecular complexity index is 795. The number of amides is 3. The third-order valence-corrected chi connectivity index (χ3v) is 5.12. The molecule has 0 atom stereocenters. The number of hydrogen-bond donors (Lipinski definition) is 2. The largest absolute Gasteiger partial charge is 0.357 e. The molecule has 2 N–H and O–H groups in total. The second-order valence-corrected chi connectivity index (χ2v) is 7.37. The molecule has 0 radical (unpaired) electrons. The van der Waals surface area contributed by atoms with E-state index in [-0.39, 0.29) is 54.8 Å². The molecular formula is C22H35IN6O3. The Balaban J connectivity index is 0.00000512. The van der Waals surface area contributed by atoms with Gasteiger partial charge in [0.1, 0.15) is 0 Å². The summed E-state index contributed by atoms with van der Waals surface area (Å²) in [5, 5.41) is 5.93. The molecule has 0 spiro atoms. The Hall–Kier alpha value is -2.37. The molecule has 178 valence electrons. The third kappa shape index (κ3) is 7.95. The molecule has 2 rings (SSSR count). The lowest BCUT2D eigenvalue weighted by atomic mass is 10.1. The molecule has 1 aliphatic heterocycles. The number of likely N-dealkylation sites (N-methyl/N-ethyl adjacent to an activating group) is 2. The highest BCUT2D eigenvalue weighted by molar-refractivity contribution is 14.0. The van der Waals surface area contributed by atoms with Crippen LogP contribution in [0.25, 0.3) is 0 Å². The summed E-state index contributed by atoms with van der Waals surface area (Å²) in [6.07, 6.45) is 0. The van der Waals surface area contributed by atoms with E-state index < -0.39 is 0 Å². The molecule has 1 aromatic rings. The molecular weight excluding hydrogens is 523 g/mol. The molecule has 1 aromatic carbocycles. The van der Waals surface area contributed by atoms with Gasteiger partial charge in [-0.15, -0.1) is 24.0 Å². The van der Waals surface area contributed by atoms with Gasteiger partial charge in [0.05, 0.1) is 19.6 Å². The molecule has 10 heteroatoms. The molecule has 1 fully saturated rings. The van der Waals surface area contributed by atoms with Gasteiger partial charge in [-0.25, -0.2) is 4.99 Å². The number of halogens is 1. The van der Waals surface area contributed by atoms with Crippen LogP contribution < -0.4 is 10.6 Å². The summed E-state index contributed by atoms with van der Waals surface area (Å²) < 4.78 is 0. The van der Waals surface area contributed by atoms with Crippen LogP contribution in [-0.2, 0) is 16.1 Å². The minimum Gasteiger partial charge on any atom is -0.357 e. The van der Waals surface area contributed by atoms with Gasteiger partial charge in [0.25, 0.3) is 5.91 Å². The quantitative estimate of drug-likeness (QED) is 0.284. The van der Waals surface area contributed by atoms with E-state index >= 15 is 0 Å². The Morgan fingerprint density at radius 3 is 2.38 bits per heavy atom. The van der Waals surface area contributed by atoms with Crippen LogP contribution >= 0.6 is 24.0 Å². The second-order valence-electron chi connectivity index (χ2n) is 7.37. The molecule has 0 unspecified atom stereocenters. The number of carbonyl (C=O) groups is 3. The number of benzene rings is 1. The van der Waals surface area contributed by atoms with Gasteiger partial charge in [0, 0.05) is 45.3 Å². The van der Waals surface area contributed by atoms with Crippen LogP contribution in [0.1, 0.15) is 36.7 Å². The summed E-state index contributed by atoms with van der Waals surface area (Å²) in [6, 6.07) is 7.26. The highest BCUT2D eigenvalue weighted by Gasteiger charge is 2.22. The van der Waals surface area contributed by atoms with E-state index in [1.807, 2.05) is 44.9 Å². The van der Waals surface area contributed by atoms with E-state index in [0.717, 1.165) is 5.56 Å². The molecule has 32 heavy (non-hydrogen) atoms. The molecule has 0 aromatic heterocycles. The van der Waals surface area contributed by atoms with E-state index in [1.165, 1.54) is 0 Å². The summed E-state index contributed by atoms with van der Waals surface area (Å²) in [5.41, 5.74) is 1.50.